The maximum atomic E-state index is 12.3. The average Bonchev–Trinajstić information content (AvgIpc) is 3.24. The number of hydrogen-bond acceptors (Lipinski definition) is 4. The molecule has 140 valence electrons. The minimum Gasteiger partial charge on any atom is -0.468 e. The summed E-state index contributed by atoms with van der Waals surface area (Å²) >= 11 is 0. The first-order valence-corrected chi connectivity index (χ1v) is 9.30. The fourth-order valence-electron chi connectivity index (χ4n) is 3.57. The number of carbonyl (C=O) groups is 1. The van der Waals surface area contributed by atoms with E-state index in [9.17, 15) is 4.79 Å². The van der Waals surface area contributed by atoms with Gasteiger partial charge in [0, 0.05) is 30.9 Å². The highest BCUT2D eigenvalue weighted by molar-refractivity contribution is 5.92. The number of furan rings is 1. The number of hydrogen-bond donors (Lipinski definition) is 1. The zero-order valence-corrected chi connectivity index (χ0v) is 15.9. The van der Waals surface area contributed by atoms with Crippen molar-refractivity contribution in [3.63, 3.8) is 0 Å². The van der Waals surface area contributed by atoms with E-state index in [1.165, 1.54) is 19.3 Å². The van der Waals surface area contributed by atoms with Gasteiger partial charge in [-0.05, 0) is 58.0 Å². The third-order valence-electron chi connectivity index (χ3n) is 5.14. The molecular formula is C20H28N4O2. The third-order valence-corrected chi connectivity index (χ3v) is 5.14. The molecular weight excluding hydrogens is 328 g/mol. The van der Waals surface area contributed by atoms with E-state index in [-0.39, 0.29) is 11.9 Å². The molecule has 1 unspecified atom stereocenters. The minimum absolute atomic E-state index is 0.0875. The van der Waals surface area contributed by atoms with Gasteiger partial charge in [0.2, 0.25) is 5.91 Å². The Morgan fingerprint density at radius 1 is 1.35 bits per heavy atom. The second kappa shape index (κ2) is 8.36. The van der Waals surface area contributed by atoms with E-state index in [0.29, 0.717) is 6.54 Å². The van der Waals surface area contributed by atoms with Gasteiger partial charge in [-0.2, -0.15) is 5.10 Å². The normalized spacial score (nSPS) is 16.9. The Hall–Kier alpha value is -2.34. The molecule has 2 aromatic heterocycles. The SMILES string of the molecule is Cc1nn(C)c(C)c1/C=C/C(=O)NCC(c1ccco1)N1CCCCC1. The Balaban J connectivity index is 1.63. The molecule has 1 N–H and O–H groups in total. The summed E-state index contributed by atoms with van der Waals surface area (Å²) < 4.78 is 7.45. The van der Waals surface area contributed by atoms with Crippen LogP contribution in [0.3, 0.4) is 0 Å². The molecule has 0 spiro atoms. The number of aryl methyl sites for hydroxylation is 2. The Kier molecular flexibility index (Phi) is 5.93. The van der Waals surface area contributed by atoms with E-state index < -0.39 is 0 Å². The van der Waals surface area contributed by atoms with Gasteiger partial charge >= 0.3 is 0 Å². The van der Waals surface area contributed by atoms with Gasteiger partial charge in [0.25, 0.3) is 0 Å². The number of nitrogens with zero attached hydrogens (tertiary/aromatic N) is 3. The quantitative estimate of drug-likeness (QED) is 0.808. The topological polar surface area (TPSA) is 63.3 Å². The molecule has 6 heteroatoms. The van der Waals surface area contributed by atoms with Crippen LogP contribution < -0.4 is 5.32 Å². The molecule has 1 aliphatic rings. The first-order chi connectivity index (χ1) is 12.6. The van der Waals surface area contributed by atoms with Crippen molar-refractivity contribution in [3.05, 3.63) is 47.2 Å². The van der Waals surface area contributed by atoms with Gasteiger partial charge in [-0.1, -0.05) is 6.42 Å². The Morgan fingerprint density at radius 3 is 2.73 bits per heavy atom. The first kappa shape index (κ1) is 18.5. The molecule has 0 saturated carbocycles. The van der Waals surface area contributed by atoms with Crippen molar-refractivity contribution in [3.8, 4) is 0 Å². The predicted molar refractivity (Wildman–Crippen MR) is 102 cm³/mol. The van der Waals surface area contributed by atoms with Gasteiger partial charge in [0.05, 0.1) is 18.0 Å². The maximum Gasteiger partial charge on any atom is 0.244 e. The predicted octanol–water partition coefficient (Wildman–Crippen LogP) is 2.99. The van der Waals surface area contributed by atoms with Crippen LogP contribution in [0, 0.1) is 13.8 Å². The summed E-state index contributed by atoms with van der Waals surface area (Å²) in [4.78, 5) is 14.7. The minimum atomic E-state index is -0.0961. The Morgan fingerprint density at radius 2 is 2.12 bits per heavy atom. The molecule has 1 aliphatic heterocycles. The van der Waals surface area contributed by atoms with Crippen molar-refractivity contribution in [2.24, 2.45) is 7.05 Å². The van der Waals surface area contributed by atoms with E-state index in [0.717, 1.165) is 35.8 Å². The summed E-state index contributed by atoms with van der Waals surface area (Å²) in [6, 6.07) is 3.98. The van der Waals surface area contributed by atoms with Crippen LogP contribution in [0.25, 0.3) is 6.08 Å². The molecule has 0 radical (unpaired) electrons. The maximum absolute atomic E-state index is 12.3. The van der Waals surface area contributed by atoms with Crippen molar-refractivity contribution in [2.45, 2.75) is 39.2 Å². The summed E-state index contributed by atoms with van der Waals surface area (Å²) in [6.07, 6.45) is 8.81. The second-order valence-electron chi connectivity index (χ2n) is 6.91. The Bertz CT molecular complexity index is 755. The van der Waals surface area contributed by atoms with Crippen molar-refractivity contribution in [1.29, 1.82) is 0 Å². The molecule has 3 rings (SSSR count). The van der Waals surface area contributed by atoms with Crippen LogP contribution >= 0.6 is 0 Å². The average molecular weight is 356 g/mol. The zero-order valence-electron chi connectivity index (χ0n) is 15.9. The van der Waals surface area contributed by atoms with Gasteiger partial charge in [0.1, 0.15) is 5.76 Å². The lowest BCUT2D eigenvalue weighted by molar-refractivity contribution is -0.116. The smallest absolute Gasteiger partial charge is 0.244 e. The highest BCUT2D eigenvalue weighted by atomic mass is 16.3. The molecule has 1 atom stereocenters. The van der Waals surface area contributed by atoms with E-state index in [1.54, 1.807) is 12.3 Å². The largest absolute Gasteiger partial charge is 0.468 e. The Labute approximate surface area is 154 Å². The van der Waals surface area contributed by atoms with Crippen LogP contribution in [0.2, 0.25) is 0 Å². The van der Waals surface area contributed by atoms with Crippen molar-refractivity contribution in [2.75, 3.05) is 19.6 Å². The van der Waals surface area contributed by atoms with Crippen LogP contribution in [0.1, 0.15) is 48.0 Å². The van der Waals surface area contributed by atoms with Crippen LogP contribution in [-0.2, 0) is 11.8 Å². The summed E-state index contributed by atoms with van der Waals surface area (Å²) in [7, 11) is 1.91. The molecule has 2 aromatic rings. The van der Waals surface area contributed by atoms with E-state index >= 15 is 0 Å². The number of aromatic nitrogens is 2. The first-order valence-electron chi connectivity index (χ1n) is 9.30. The number of nitrogens with one attached hydrogen (secondary N) is 1. The molecule has 3 heterocycles. The van der Waals surface area contributed by atoms with Crippen LogP contribution in [0.5, 0.6) is 0 Å². The fourth-order valence-corrected chi connectivity index (χ4v) is 3.57. The van der Waals surface area contributed by atoms with Crippen molar-refractivity contribution >= 4 is 12.0 Å². The molecule has 26 heavy (non-hydrogen) atoms. The number of piperidine rings is 1. The lowest BCUT2D eigenvalue weighted by Gasteiger charge is -2.33. The van der Waals surface area contributed by atoms with Crippen molar-refractivity contribution < 1.29 is 9.21 Å². The standard InChI is InChI=1S/C20H28N4O2/c1-15-17(16(2)23(3)22-15)9-10-20(25)21-14-18(19-8-7-13-26-19)24-11-5-4-6-12-24/h7-10,13,18H,4-6,11-12,14H2,1-3H3,(H,21,25)/b10-9+. The second-order valence-corrected chi connectivity index (χ2v) is 6.91. The summed E-state index contributed by atoms with van der Waals surface area (Å²) in [6.45, 7) is 6.59. The molecule has 0 aliphatic carbocycles. The molecule has 0 bridgehead atoms. The van der Waals surface area contributed by atoms with E-state index in [4.69, 9.17) is 4.42 Å². The molecule has 1 saturated heterocycles. The molecule has 1 amide bonds. The molecule has 1 fully saturated rings. The van der Waals surface area contributed by atoms with E-state index in [1.807, 2.05) is 43.8 Å². The van der Waals surface area contributed by atoms with Crippen molar-refractivity contribution in [1.82, 2.24) is 20.0 Å². The van der Waals surface area contributed by atoms with Crippen LogP contribution in [-0.4, -0.2) is 40.2 Å². The number of carbonyl (C=O) groups excluding carboxylic acids is 1. The van der Waals surface area contributed by atoms with Gasteiger partial charge < -0.3 is 9.73 Å². The van der Waals surface area contributed by atoms with E-state index in [2.05, 4.69) is 15.3 Å². The van der Waals surface area contributed by atoms with Gasteiger partial charge in [0.15, 0.2) is 0 Å². The highest BCUT2D eigenvalue weighted by Crippen LogP contribution is 2.24. The summed E-state index contributed by atoms with van der Waals surface area (Å²) in [5.41, 5.74) is 2.98. The third kappa shape index (κ3) is 4.25. The van der Waals surface area contributed by atoms with Gasteiger partial charge in [-0.25, -0.2) is 0 Å². The lowest BCUT2D eigenvalue weighted by Crippen LogP contribution is -2.40. The molecule has 6 nitrogen and oxygen atoms in total. The fraction of sp³-hybridized carbons (Fsp3) is 0.500. The van der Waals surface area contributed by atoms with Crippen LogP contribution in [0.15, 0.2) is 28.9 Å². The zero-order chi connectivity index (χ0) is 18.5. The van der Waals surface area contributed by atoms with Gasteiger partial charge in [-0.15, -0.1) is 0 Å². The summed E-state index contributed by atoms with van der Waals surface area (Å²) in [5.74, 6) is 0.816. The number of likely N-dealkylation sites (tertiary alicyclic amines) is 1. The van der Waals surface area contributed by atoms with Crippen LogP contribution in [0.4, 0.5) is 0 Å². The monoisotopic (exact) mass is 356 g/mol. The highest BCUT2D eigenvalue weighted by Gasteiger charge is 2.24. The molecule has 0 aromatic carbocycles. The number of amides is 1. The lowest BCUT2D eigenvalue weighted by atomic mass is 10.1. The van der Waals surface area contributed by atoms with Gasteiger partial charge in [-0.3, -0.25) is 14.4 Å². The summed E-state index contributed by atoms with van der Waals surface area (Å²) in [5, 5.41) is 7.40. The number of rotatable bonds is 6.